The van der Waals surface area contributed by atoms with Crippen molar-refractivity contribution in [3.05, 3.63) is 11.6 Å². The lowest BCUT2D eigenvalue weighted by Crippen LogP contribution is -2.29. The molecular weight excluding hydrogens is 236 g/mol. The molecule has 0 spiro atoms. The van der Waals surface area contributed by atoms with Crippen LogP contribution in [0, 0.1) is 5.92 Å². The Morgan fingerprint density at radius 1 is 1.11 bits per heavy atom. The number of nitrogens with zero attached hydrogens (tertiary/aromatic N) is 3. The highest BCUT2D eigenvalue weighted by Gasteiger charge is 2.18. The van der Waals surface area contributed by atoms with Crippen LogP contribution in [0.3, 0.4) is 0 Å². The third-order valence-corrected chi connectivity index (χ3v) is 4.74. The van der Waals surface area contributed by atoms with E-state index in [0.717, 1.165) is 31.3 Å². The van der Waals surface area contributed by atoms with E-state index in [1.54, 1.807) is 0 Å². The van der Waals surface area contributed by atoms with Gasteiger partial charge in [-0.3, -0.25) is 0 Å². The predicted molar refractivity (Wildman–Crippen MR) is 75.8 cm³/mol. The molecule has 2 aliphatic rings. The molecule has 2 atom stereocenters. The lowest BCUT2D eigenvalue weighted by atomic mass is 10.0. The van der Waals surface area contributed by atoms with E-state index in [9.17, 15) is 0 Å². The van der Waals surface area contributed by atoms with Crippen molar-refractivity contribution in [3.63, 3.8) is 0 Å². The maximum atomic E-state index is 4.37. The lowest BCUT2D eigenvalue weighted by molar-refractivity contribution is 0.429. The fourth-order valence-electron chi connectivity index (χ4n) is 3.43. The van der Waals surface area contributed by atoms with Crippen LogP contribution in [0.1, 0.15) is 63.5 Å². The summed E-state index contributed by atoms with van der Waals surface area (Å²) in [7, 11) is 0. The average molecular weight is 262 g/mol. The monoisotopic (exact) mass is 262 g/mol. The molecule has 106 valence electrons. The summed E-state index contributed by atoms with van der Waals surface area (Å²) in [6, 6.07) is 0.682. The van der Waals surface area contributed by atoms with E-state index in [1.807, 2.05) is 0 Å². The van der Waals surface area contributed by atoms with Gasteiger partial charge in [-0.05, 0) is 38.0 Å². The largest absolute Gasteiger partial charge is 0.314 e. The Bertz CT molecular complexity index is 412. The molecule has 4 heteroatoms. The van der Waals surface area contributed by atoms with Crippen molar-refractivity contribution >= 4 is 0 Å². The number of rotatable bonds is 3. The molecule has 1 fully saturated rings. The zero-order valence-corrected chi connectivity index (χ0v) is 12.1. The van der Waals surface area contributed by atoms with Gasteiger partial charge in [0.25, 0.3) is 0 Å². The van der Waals surface area contributed by atoms with Gasteiger partial charge in [-0.1, -0.05) is 19.8 Å². The number of aromatic nitrogens is 3. The number of aryl methyl sites for hydroxylation is 1. The molecule has 19 heavy (non-hydrogen) atoms. The van der Waals surface area contributed by atoms with Crippen molar-refractivity contribution in [1.29, 1.82) is 0 Å². The maximum absolute atomic E-state index is 4.37. The Morgan fingerprint density at radius 3 is 3.00 bits per heavy atom. The highest BCUT2D eigenvalue weighted by molar-refractivity contribution is 4.98. The summed E-state index contributed by atoms with van der Waals surface area (Å²) >= 11 is 0. The van der Waals surface area contributed by atoms with Crippen LogP contribution in [-0.4, -0.2) is 20.8 Å². The zero-order chi connectivity index (χ0) is 13.1. The van der Waals surface area contributed by atoms with Crippen LogP contribution in [0.25, 0.3) is 0 Å². The predicted octanol–water partition coefficient (Wildman–Crippen LogP) is 2.67. The Labute approximate surface area is 116 Å². The van der Waals surface area contributed by atoms with E-state index in [0.29, 0.717) is 6.04 Å². The van der Waals surface area contributed by atoms with Crippen molar-refractivity contribution in [1.82, 2.24) is 20.1 Å². The summed E-state index contributed by atoms with van der Waals surface area (Å²) in [4.78, 5) is 0. The minimum atomic E-state index is 0.682. The van der Waals surface area contributed by atoms with Gasteiger partial charge in [0, 0.05) is 19.0 Å². The number of hydrogen-bond donors (Lipinski definition) is 1. The third-order valence-electron chi connectivity index (χ3n) is 4.74. The molecule has 0 saturated heterocycles. The Morgan fingerprint density at radius 2 is 2.05 bits per heavy atom. The van der Waals surface area contributed by atoms with Gasteiger partial charge in [-0.2, -0.15) is 0 Å². The van der Waals surface area contributed by atoms with Crippen molar-refractivity contribution < 1.29 is 0 Å². The first-order valence-corrected chi connectivity index (χ1v) is 7.97. The van der Waals surface area contributed by atoms with Gasteiger partial charge >= 0.3 is 0 Å². The lowest BCUT2D eigenvalue weighted by Gasteiger charge is -2.18. The van der Waals surface area contributed by atoms with Gasteiger partial charge in [-0.25, -0.2) is 0 Å². The molecule has 0 radical (unpaired) electrons. The average Bonchev–Trinajstić information content (AvgIpc) is 2.73. The molecule has 1 aliphatic heterocycles. The van der Waals surface area contributed by atoms with E-state index in [-0.39, 0.29) is 0 Å². The molecular formula is C15H26N4. The standard InChI is InChI=1S/C15H26N4/c1-12-5-4-6-13(9-8-12)16-11-15-18-17-14-7-2-3-10-19(14)15/h12-13,16H,2-11H2,1H3. The minimum absolute atomic E-state index is 0.682. The highest BCUT2D eigenvalue weighted by Crippen LogP contribution is 2.23. The van der Waals surface area contributed by atoms with Crippen LogP contribution in [0.15, 0.2) is 0 Å². The summed E-state index contributed by atoms with van der Waals surface area (Å²) in [5.74, 6) is 3.25. The molecule has 2 unspecified atom stereocenters. The fourth-order valence-corrected chi connectivity index (χ4v) is 3.43. The summed E-state index contributed by atoms with van der Waals surface area (Å²) in [5.41, 5.74) is 0. The van der Waals surface area contributed by atoms with Crippen LogP contribution in [0.2, 0.25) is 0 Å². The molecule has 0 bridgehead atoms. The SMILES string of the molecule is CC1CCCC(NCc2nnc3n2CCCC3)CC1. The van der Waals surface area contributed by atoms with E-state index < -0.39 is 0 Å². The first kappa shape index (κ1) is 13.1. The Hall–Kier alpha value is -0.900. The second-order valence-electron chi connectivity index (χ2n) is 6.33. The van der Waals surface area contributed by atoms with Crippen LogP contribution < -0.4 is 5.32 Å². The Balaban J connectivity index is 1.55. The van der Waals surface area contributed by atoms with Gasteiger partial charge in [0.1, 0.15) is 11.6 Å². The van der Waals surface area contributed by atoms with Crippen molar-refractivity contribution in [2.45, 2.75) is 77.4 Å². The van der Waals surface area contributed by atoms with Gasteiger partial charge in [0.2, 0.25) is 0 Å². The second kappa shape index (κ2) is 6.04. The smallest absolute Gasteiger partial charge is 0.147 e. The molecule has 3 rings (SSSR count). The molecule has 1 saturated carbocycles. The van der Waals surface area contributed by atoms with Gasteiger partial charge < -0.3 is 9.88 Å². The molecule has 0 aromatic carbocycles. The topological polar surface area (TPSA) is 42.7 Å². The molecule has 1 aromatic heterocycles. The normalized spacial score (nSPS) is 27.8. The molecule has 2 heterocycles. The maximum Gasteiger partial charge on any atom is 0.147 e. The fraction of sp³-hybridized carbons (Fsp3) is 0.867. The number of hydrogen-bond acceptors (Lipinski definition) is 3. The molecule has 4 nitrogen and oxygen atoms in total. The molecule has 1 aliphatic carbocycles. The van der Waals surface area contributed by atoms with E-state index in [4.69, 9.17) is 0 Å². The van der Waals surface area contributed by atoms with Crippen LogP contribution >= 0.6 is 0 Å². The van der Waals surface area contributed by atoms with E-state index in [2.05, 4.69) is 27.0 Å². The van der Waals surface area contributed by atoms with Crippen LogP contribution in [-0.2, 0) is 19.5 Å². The summed E-state index contributed by atoms with van der Waals surface area (Å²) in [6.45, 7) is 4.39. The summed E-state index contributed by atoms with van der Waals surface area (Å²) < 4.78 is 2.33. The van der Waals surface area contributed by atoms with Crippen molar-refractivity contribution in [2.24, 2.45) is 5.92 Å². The van der Waals surface area contributed by atoms with Crippen LogP contribution in [0.5, 0.6) is 0 Å². The van der Waals surface area contributed by atoms with Gasteiger partial charge in [0.15, 0.2) is 0 Å². The van der Waals surface area contributed by atoms with E-state index in [1.165, 1.54) is 50.8 Å². The Kier molecular flexibility index (Phi) is 4.16. The van der Waals surface area contributed by atoms with Crippen LogP contribution in [0.4, 0.5) is 0 Å². The third kappa shape index (κ3) is 3.16. The molecule has 1 aromatic rings. The van der Waals surface area contributed by atoms with Gasteiger partial charge in [0.05, 0.1) is 6.54 Å². The summed E-state index contributed by atoms with van der Waals surface area (Å²) in [6.07, 6.45) is 10.4. The second-order valence-corrected chi connectivity index (χ2v) is 6.33. The van der Waals surface area contributed by atoms with Crippen molar-refractivity contribution in [3.8, 4) is 0 Å². The first-order valence-electron chi connectivity index (χ1n) is 7.97. The van der Waals surface area contributed by atoms with E-state index >= 15 is 0 Å². The van der Waals surface area contributed by atoms with Crippen molar-refractivity contribution in [2.75, 3.05) is 0 Å². The zero-order valence-electron chi connectivity index (χ0n) is 12.1. The minimum Gasteiger partial charge on any atom is -0.314 e. The number of nitrogens with one attached hydrogen (secondary N) is 1. The first-order chi connectivity index (χ1) is 9.33. The molecule has 1 N–H and O–H groups in total. The van der Waals surface area contributed by atoms with Gasteiger partial charge in [-0.15, -0.1) is 10.2 Å². The highest BCUT2D eigenvalue weighted by atomic mass is 15.3. The quantitative estimate of drug-likeness (QED) is 0.852. The number of fused-ring (bicyclic) bond motifs is 1. The molecule has 0 amide bonds. The summed E-state index contributed by atoms with van der Waals surface area (Å²) in [5, 5.41) is 12.4.